The van der Waals surface area contributed by atoms with Crippen molar-refractivity contribution in [3.63, 3.8) is 0 Å². The molecule has 1 aromatic heterocycles. The Morgan fingerprint density at radius 2 is 2.00 bits per heavy atom. The van der Waals surface area contributed by atoms with Crippen molar-refractivity contribution in [2.75, 3.05) is 5.32 Å². The van der Waals surface area contributed by atoms with E-state index in [2.05, 4.69) is 38.2 Å². The highest BCUT2D eigenvalue weighted by atomic mass is 127. The number of nitrogens with one attached hydrogen (secondary N) is 2. The van der Waals surface area contributed by atoms with Crippen LogP contribution >= 0.6 is 22.6 Å². The van der Waals surface area contributed by atoms with Gasteiger partial charge in [0.2, 0.25) is 0 Å². The lowest BCUT2D eigenvalue weighted by molar-refractivity contribution is -0.136. The number of amides is 2. The summed E-state index contributed by atoms with van der Waals surface area (Å²) in [6.07, 6.45) is 1.64. The predicted octanol–water partition coefficient (Wildman–Crippen LogP) is 2.25. The van der Waals surface area contributed by atoms with Gasteiger partial charge in [-0.05, 0) is 65.4 Å². The summed E-state index contributed by atoms with van der Waals surface area (Å²) in [5.41, 5.74) is 2.24. The van der Waals surface area contributed by atoms with E-state index in [1.54, 1.807) is 24.4 Å². The molecule has 0 saturated heterocycles. The molecule has 0 aliphatic carbocycles. The number of anilines is 1. The number of carbonyl (C=O) groups excluding carboxylic acids is 2. The van der Waals surface area contributed by atoms with Gasteiger partial charge in [0.25, 0.3) is 0 Å². The van der Waals surface area contributed by atoms with Crippen LogP contribution < -0.4 is 10.6 Å². The van der Waals surface area contributed by atoms with E-state index >= 15 is 0 Å². The van der Waals surface area contributed by atoms with E-state index in [1.807, 2.05) is 25.1 Å². The Balaban J connectivity index is 1.92. The number of aryl methyl sites for hydroxylation is 1. The third kappa shape index (κ3) is 4.52. The number of benzene rings is 1. The minimum atomic E-state index is -0.685. The minimum Gasteiger partial charge on any atom is -0.342 e. The molecule has 0 bridgehead atoms. The van der Waals surface area contributed by atoms with Crippen LogP contribution in [0, 0.1) is 10.5 Å². The summed E-state index contributed by atoms with van der Waals surface area (Å²) in [4.78, 5) is 27.6. The van der Waals surface area contributed by atoms with Crippen molar-refractivity contribution in [1.82, 2.24) is 10.3 Å². The standard InChI is InChI=1S/C15H14IN3O2/c1-10-8-11(16)5-6-13(10)19-15(21)14(20)18-9-12-4-2-3-7-17-12/h2-8H,9H2,1H3,(H,18,20)(H,19,21). The van der Waals surface area contributed by atoms with Gasteiger partial charge in [-0.2, -0.15) is 0 Å². The van der Waals surface area contributed by atoms with Crippen LogP contribution in [0.15, 0.2) is 42.6 Å². The van der Waals surface area contributed by atoms with Gasteiger partial charge in [0.05, 0.1) is 12.2 Å². The van der Waals surface area contributed by atoms with Crippen molar-refractivity contribution in [1.29, 1.82) is 0 Å². The quantitative estimate of drug-likeness (QED) is 0.619. The fraction of sp³-hybridized carbons (Fsp3) is 0.133. The number of hydrogen-bond donors (Lipinski definition) is 2. The average molecular weight is 395 g/mol. The summed E-state index contributed by atoms with van der Waals surface area (Å²) in [5, 5.41) is 5.13. The fourth-order valence-corrected chi connectivity index (χ4v) is 2.35. The lowest BCUT2D eigenvalue weighted by Gasteiger charge is -2.09. The molecule has 2 aromatic rings. The molecule has 0 unspecified atom stereocenters. The van der Waals surface area contributed by atoms with Crippen molar-refractivity contribution in [2.45, 2.75) is 13.5 Å². The van der Waals surface area contributed by atoms with Crippen LogP contribution in [0.1, 0.15) is 11.3 Å². The van der Waals surface area contributed by atoms with E-state index in [-0.39, 0.29) is 6.54 Å². The molecule has 2 N–H and O–H groups in total. The van der Waals surface area contributed by atoms with Gasteiger partial charge in [0.1, 0.15) is 0 Å². The van der Waals surface area contributed by atoms with E-state index in [9.17, 15) is 9.59 Å². The molecule has 21 heavy (non-hydrogen) atoms. The van der Waals surface area contributed by atoms with Crippen molar-refractivity contribution in [2.24, 2.45) is 0 Å². The number of hydrogen-bond acceptors (Lipinski definition) is 3. The first-order valence-electron chi connectivity index (χ1n) is 6.31. The number of pyridine rings is 1. The number of aromatic nitrogens is 1. The molecule has 0 radical (unpaired) electrons. The summed E-state index contributed by atoms with van der Waals surface area (Å²) in [6.45, 7) is 2.10. The molecule has 0 aliphatic heterocycles. The van der Waals surface area contributed by atoms with Crippen molar-refractivity contribution in [3.8, 4) is 0 Å². The molecule has 0 fully saturated rings. The van der Waals surface area contributed by atoms with Crippen molar-refractivity contribution >= 4 is 40.1 Å². The molecular weight excluding hydrogens is 381 g/mol. The lowest BCUT2D eigenvalue weighted by atomic mass is 10.2. The monoisotopic (exact) mass is 395 g/mol. The molecule has 2 amide bonds. The zero-order chi connectivity index (χ0) is 15.2. The first-order chi connectivity index (χ1) is 10.1. The van der Waals surface area contributed by atoms with Crippen LogP contribution in [0.3, 0.4) is 0 Å². The van der Waals surface area contributed by atoms with E-state index in [0.29, 0.717) is 11.4 Å². The van der Waals surface area contributed by atoms with Crippen LogP contribution in [0.5, 0.6) is 0 Å². The first kappa shape index (κ1) is 15.4. The smallest absolute Gasteiger partial charge is 0.313 e. The molecule has 6 heteroatoms. The molecule has 2 rings (SSSR count). The molecule has 1 heterocycles. The maximum absolute atomic E-state index is 11.8. The normalized spacial score (nSPS) is 10.0. The van der Waals surface area contributed by atoms with E-state index in [0.717, 1.165) is 9.13 Å². The highest BCUT2D eigenvalue weighted by Gasteiger charge is 2.14. The Morgan fingerprint density at radius 3 is 2.67 bits per heavy atom. The summed E-state index contributed by atoms with van der Waals surface area (Å²) >= 11 is 2.19. The van der Waals surface area contributed by atoms with Crippen LogP contribution in [-0.2, 0) is 16.1 Å². The number of halogens is 1. The second kappa shape index (κ2) is 7.16. The second-order valence-corrected chi connectivity index (χ2v) is 5.66. The van der Waals surface area contributed by atoms with Gasteiger partial charge in [-0.25, -0.2) is 0 Å². The Morgan fingerprint density at radius 1 is 1.19 bits per heavy atom. The van der Waals surface area contributed by atoms with Crippen molar-refractivity contribution < 1.29 is 9.59 Å². The van der Waals surface area contributed by atoms with E-state index in [1.165, 1.54) is 0 Å². The maximum Gasteiger partial charge on any atom is 0.313 e. The molecule has 0 atom stereocenters. The van der Waals surface area contributed by atoms with Crippen LogP contribution in [-0.4, -0.2) is 16.8 Å². The SMILES string of the molecule is Cc1cc(I)ccc1NC(=O)C(=O)NCc1ccccn1. The summed E-state index contributed by atoms with van der Waals surface area (Å²) in [7, 11) is 0. The van der Waals surface area contributed by atoms with Gasteiger partial charge in [0.15, 0.2) is 0 Å². The molecule has 108 valence electrons. The van der Waals surface area contributed by atoms with Gasteiger partial charge >= 0.3 is 11.8 Å². The Hall–Kier alpha value is -1.96. The van der Waals surface area contributed by atoms with Crippen LogP contribution in [0.25, 0.3) is 0 Å². The highest BCUT2D eigenvalue weighted by Crippen LogP contribution is 2.17. The summed E-state index contributed by atoms with van der Waals surface area (Å²) in [6, 6.07) is 11.0. The molecule has 0 spiro atoms. The lowest BCUT2D eigenvalue weighted by Crippen LogP contribution is -2.35. The second-order valence-electron chi connectivity index (χ2n) is 4.42. The summed E-state index contributed by atoms with van der Waals surface area (Å²) in [5.74, 6) is -1.37. The number of nitrogens with zero attached hydrogens (tertiary/aromatic N) is 1. The molecule has 0 saturated carbocycles. The van der Waals surface area contributed by atoms with Gasteiger partial charge in [0, 0.05) is 15.5 Å². The maximum atomic E-state index is 11.8. The third-order valence-electron chi connectivity index (χ3n) is 2.80. The predicted molar refractivity (Wildman–Crippen MR) is 88.6 cm³/mol. The van der Waals surface area contributed by atoms with Gasteiger partial charge in [-0.3, -0.25) is 14.6 Å². The highest BCUT2D eigenvalue weighted by molar-refractivity contribution is 14.1. The van der Waals surface area contributed by atoms with E-state index < -0.39 is 11.8 Å². The topological polar surface area (TPSA) is 71.1 Å². The zero-order valence-corrected chi connectivity index (χ0v) is 13.5. The van der Waals surface area contributed by atoms with Gasteiger partial charge in [-0.1, -0.05) is 6.07 Å². The molecule has 1 aromatic carbocycles. The Labute approximate surface area is 136 Å². The van der Waals surface area contributed by atoms with Gasteiger partial charge in [-0.15, -0.1) is 0 Å². The minimum absolute atomic E-state index is 0.221. The summed E-state index contributed by atoms with van der Waals surface area (Å²) < 4.78 is 1.07. The molecule has 0 aliphatic rings. The first-order valence-corrected chi connectivity index (χ1v) is 7.39. The van der Waals surface area contributed by atoms with E-state index in [4.69, 9.17) is 0 Å². The Bertz CT molecular complexity index is 659. The van der Waals surface area contributed by atoms with Gasteiger partial charge < -0.3 is 10.6 Å². The number of carbonyl (C=O) groups is 2. The number of rotatable bonds is 3. The average Bonchev–Trinajstić information content (AvgIpc) is 2.48. The Kier molecular flexibility index (Phi) is 5.26. The molecular formula is C15H14IN3O2. The van der Waals surface area contributed by atoms with Crippen molar-refractivity contribution in [3.05, 3.63) is 57.4 Å². The third-order valence-corrected chi connectivity index (χ3v) is 3.47. The largest absolute Gasteiger partial charge is 0.342 e. The zero-order valence-electron chi connectivity index (χ0n) is 11.4. The fourth-order valence-electron chi connectivity index (χ4n) is 1.70. The molecule has 5 nitrogen and oxygen atoms in total. The van der Waals surface area contributed by atoms with Crippen LogP contribution in [0.2, 0.25) is 0 Å². The van der Waals surface area contributed by atoms with Crippen LogP contribution in [0.4, 0.5) is 5.69 Å².